The van der Waals surface area contributed by atoms with Crippen LogP contribution >= 0.6 is 0 Å². The Hall–Kier alpha value is -2.20. The Morgan fingerprint density at radius 2 is 2.06 bits per heavy atom. The Morgan fingerprint density at radius 3 is 2.89 bits per heavy atom. The second-order valence-corrected chi connectivity index (χ2v) is 4.09. The molecule has 1 aromatic carbocycles. The van der Waals surface area contributed by atoms with Crippen LogP contribution in [0.5, 0.6) is 0 Å². The van der Waals surface area contributed by atoms with Crippen molar-refractivity contribution in [2.24, 2.45) is 0 Å². The monoisotopic (exact) mass is 242 g/mol. The Bertz CT molecular complexity index is 693. The van der Waals surface area contributed by atoms with Crippen LogP contribution < -0.4 is 0 Å². The number of nitrogens with zero attached hydrogens (tertiary/aromatic N) is 2. The number of halogens is 1. The van der Waals surface area contributed by atoms with Gasteiger partial charge in [0, 0.05) is 11.8 Å². The van der Waals surface area contributed by atoms with E-state index in [0.29, 0.717) is 11.1 Å². The minimum absolute atomic E-state index is 0.358. The smallest absolute Gasteiger partial charge is 0.123 e. The highest BCUT2D eigenvalue weighted by Crippen LogP contribution is 2.25. The predicted octanol–water partition coefficient (Wildman–Crippen LogP) is 2.56. The van der Waals surface area contributed by atoms with E-state index in [4.69, 9.17) is 0 Å². The Kier molecular flexibility index (Phi) is 2.57. The number of benzene rings is 1. The van der Waals surface area contributed by atoms with Gasteiger partial charge in [0.1, 0.15) is 11.9 Å². The van der Waals surface area contributed by atoms with Crippen LogP contribution in [0.3, 0.4) is 0 Å². The SMILES string of the molecule is OC(c1cccc(F)c1)c1cnn2ccccc12. The van der Waals surface area contributed by atoms with Gasteiger partial charge in [0.25, 0.3) is 0 Å². The summed E-state index contributed by atoms with van der Waals surface area (Å²) >= 11 is 0. The molecule has 0 radical (unpaired) electrons. The van der Waals surface area contributed by atoms with Crippen LogP contribution in [0, 0.1) is 5.82 Å². The van der Waals surface area contributed by atoms with E-state index in [-0.39, 0.29) is 5.82 Å². The minimum Gasteiger partial charge on any atom is -0.384 e. The summed E-state index contributed by atoms with van der Waals surface area (Å²) in [5.74, 6) is -0.358. The molecule has 3 nitrogen and oxygen atoms in total. The van der Waals surface area contributed by atoms with Crippen molar-refractivity contribution < 1.29 is 9.50 Å². The van der Waals surface area contributed by atoms with Crippen molar-refractivity contribution in [3.63, 3.8) is 0 Å². The molecule has 1 atom stereocenters. The molecule has 0 aliphatic heterocycles. The first kappa shape index (κ1) is 10.9. The van der Waals surface area contributed by atoms with Crippen molar-refractivity contribution in [2.45, 2.75) is 6.10 Å². The third-order valence-electron chi connectivity index (χ3n) is 2.92. The van der Waals surface area contributed by atoms with Crippen molar-refractivity contribution in [3.05, 3.63) is 71.8 Å². The van der Waals surface area contributed by atoms with Gasteiger partial charge in [-0.3, -0.25) is 0 Å². The zero-order valence-electron chi connectivity index (χ0n) is 9.49. The number of aliphatic hydroxyl groups excluding tert-OH is 1. The van der Waals surface area contributed by atoms with E-state index in [1.807, 2.05) is 18.2 Å². The molecule has 4 heteroatoms. The maximum absolute atomic E-state index is 13.2. The molecule has 0 fully saturated rings. The van der Waals surface area contributed by atoms with E-state index < -0.39 is 6.10 Å². The van der Waals surface area contributed by atoms with E-state index in [0.717, 1.165) is 5.52 Å². The van der Waals surface area contributed by atoms with Gasteiger partial charge >= 0.3 is 0 Å². The summed E-state index contributed by atoms with van der Waals surface area (Å²) in [7, 11) is 0. The van der Waals surface area contributed by atoms with Gasteiger partial charge in [0.2, 0.25) is 0 Å². The first-order chi connectivity index (χ1) is 8.75. The lowest BCUT2D eigenvalue weighted by atomic mass is 10.0. The van der Waals surface area contributed by atoms with E-state index in [9.17, 15) is 9.50 Å². The number of hydrogen-bond donors (Lipinski definition) is 1. The molecule has 1 N–H and O–H groups in total. The number of rotatable bonds is 2. The first-order valence-electron chi connectivity index (χ1n) is 5.61. The Labute approximate surface area is 103 Å². The number of aromatic nitrogens is 2. The van der Waals surface area contributed by atoms with Gasteiger partial charge in [0.15, 0.2) is 0 Å². The molecule has 0 aliphatic carbocycles. The van der Waals surface area contributed by atoms with Gasteiger partial charge < -0.3 is 5.11 Å². The minimum atomic E-state index is -0.874. The third kappa shape index (κ3) is 1.76. The summed E-state index contributed by atoms with van der Waals surface area (Å²) in [6.07, 6.45) is 2.53. The van der Waals surface area contributed by atoms with Crippen LogP contribution in [0.1, 0.15) is 17.2 Å². The fourth-order valence-corrected chi connectivity index (χ4v) is 2.02. The van der Waals surface area contributed by atoms with Crippen LogP contribution in [-0.4, -0.2) is 14.7 Å². The largest absolute Gasteiger partial charge is 0.384 e. The van der Waals surface area contributed by atoms with Crippen LogP contribution in [0.15, 0.2) is 54.9 Å². The molecule has 2 heterocycles. The van der Waals surface area contributed by atoms with Crippen molar-refractivity contribution in [2.75, 3.05) is 0 Å². The topological polar surface area (TPSA) is 37.5 Å². The molecule has 0 saturated heterocycles. The van der Waals surface area contributed by atoms with E-state index >= 15 is 0 Å². The van der Waals surface area contributed by atoms with Crippen LogP contribution in [0.2, 0.25) is 0 Å². The van der Waals surface area contributed by atoms with Crippen LogP contribution in [-0.2, 0) is 0 Å². The number of fused-ring (bicyclic) bond motifs is 1. The lowest BCUT2D eigenvalue weighted by Crippen LogP contribution is -1.99. The lowest BCUT2D eigenvalue weighted by molar-refractivity contribution is 0.221. The summed E-state index contributed by atoms with van der Waals surface area (Å²) in [5.41, 5.74) is 2.00. The van der Waals surface area contributed by atoms with Crippen molar-refractivity contribution in [1.82, 2.24) is 9.61 Å². The van der Waals surface area contributed by atoms with Crippen molar-refractivity contribution in [3.8, 4) is 0 Å². The third-order valence-corrected chi connectivity index (χ3v) is 2.92. The predicted molar refractivity (Wildman–Crippen MR) is 65.7 cm³/mol. The quantitative estimate of drug-likeness (QED) is 0.750. The molecule has 0 spiro atoms. The van der Waals surface area contributed by atoms with Crippen LogP contribution in [0.4, 0.5) is 4.39 Å². The molecule has 0 bridgehead atoms. The summed E-state index contributed by atoms with van der Waals surface area (Å²) < 4.78 is 14.8. The lowest BCUT2D eigenvalue weighted by Gasteiger charge is -2.09. The van der Waals surface area contributed by atoms with Gasteiger partial charge in [0.05, 0.1) is 11.7 Å². The second kappa shape index (κ2) is 4.23. The maximum Gasteiger partial charge on any atom is 0.123 e. The van der Waals surface area contributed by atoms with E-state index in [1.54, 1.807) is 29.0 Å². The van der Waals surface area contributed by atoms with Gasteiger partial charge in [-0.05, 0) is 29.8 Å². The average molecular weight is 242 g/mol. The normalized spacial score (nSPS) is 12.8. The molecule has 18 heavy (non-hydrogen) atoms. The highest BCUT2D eigenvalue weighted by atomic mass is 19.1. The summed E-state index contributed by atoms with van der Waals surface area (Å²) in [6, 6.07) is 11.6. The molecule has 0 amide bonds. The van der Waals surface area contributed by atoms with Crippen molar-refractivity contribution >= 4 is 5.52 Å². The van der Waals surface area contributed by atoms with Crippen molar-refractivity contribution in [1.29, 1.82) is 0 Å². The number of pyridine rings is 1. The maximum atomic E-state index is 13.2. The summed E-state index contributed by atoms with van der Waals surface area (Å²) in [4.78, 5) is 0. The fraction of sp³-hybridized carbons (Fsp3) is 0.0714. The number of aliphatic hydroxyl groups is 1. The molecule has 0 saturated carbocycles. The zero-order valence-corrected chi connectivity index (χ0v) is 9.49. The number of hydrogen-bond acceptors (Lipinski definition) is 2. The molecule has 1 unspecified atom stereocenters. The molecule has 3 aromatic rings. The second-order valence-electron chi connectivity index (χ2n) is 4.09. The molecular formula is C14H11FN2O. The average Bonchev–Trinajstić information content (AvgIpc) is 2.82. The Morgan fingerprint density at radius 1 is 1.17 bits per heavy atom. The van der Waals surface area contributed by atoms with Crippen LogP contribution in [0.25, 0.3) is 5.52 Å². The highest BCUT2D eigenvalue weighted by Gasteiger charge is 2.15. The first-order valence-corrected chi connectivity index (χ1v) is 5.61. The summed E-state index contributed by atoms with van der Waals surface area (Å²) in [6.45, 7) is 0. The van der Waals surface area contributed by atoms with E-state index in [2.05, 4.69) is 5.10 Å². The molecular weight excluding hydrogens is 231 g/mol. The van der Waals surface area contributed by atoms with Gasteiger partial charge in [-0.2, -0.15) is 5.10 Å². The standard InChI is InChI=1S/C14H11FN2O/c15-11-5-3-4-10(8-11)14(18)12-9-16-17-7-2-1-6-13(12)17/h1-9,14,18H. The molecule has 2 aromatic heterocycles. The van der Waals surface area contributed by atoms with Gasteiger partial charge in [-0.15, -0.1) is 0 Å². The van der Waals surface area contributed by atoms with Gasteiger partial charge in [-0.1, -0.05) is 18.2 Å². The highest BCUT2D eigenvalue weighted by molar-refractivity contribution is 5.56. The summed E-state index contributed by atoms with van der Waals surface area (Å²) in [5, 5.41) is 14.4. The zero-order chi connectivity index (χ0) is 12.5. The van der Waals surface area contributed by atoms with E-state index in [1.165, 1.54) is 12.1 Å². The molecule has 3 rings (SSSR count). The van der Waals surface area contributed by atoms with Gasteiger partial charge in [-0.25, -0.2) is 8.91 Å². The fourth-order valence-electron chi connectivity index (χ4n) is 2.02. The molecule has 0 aliphatic rings. The Balaban J connectivity index is 2.09. The molecule has 90 valence electrons.